The summed E-state index contributed by atoms with van der Waals surface area (Å²) in [5, 5.41) is 2.68. The first-order chi connectivity index (χ1) is 13.4. The number of nitrogens with zero attached hydrogens (tertiary/aromatic N) is 2. The van der Waals surface area contributed by atoms with Crippen LogP contribution in [-0.4, -0.2) is 36.7 Å². The maximum atomic E-state index is 12.8. The number of carbonyl (C=O) groups excluding carboxylic acids is 1. The van der Waals surface area contributed by atoms with Crippen molar-refractivity contribution < 1.29 is 13.2 Å². The van der Waals surface area contributed by atoms with Gasteiger partial charge in [-0.25, -0.2) is 13.4 Å². The van der Waals surface area contributed by atoms with Gasteiger partial charge >= 0.3 is 0 Å². The Morgan fingerprint density at radius 3 is 2.32 bits per heavy atom. The zero-order chi connectivity index (χ0) is 20.0. The van der Waals surface area contributed by atoms with E-state index < -0.39 is 10.0 Å². The average Bonchev–Trinajstić information content (AvgIpc) is 2.99. The van der Waals surface area contributed by atoms with Crippen molar-refractivity contribution in [1.82, 2.24) is 9.29 Å². The molecule has 28 heavy (non-hydrogen) atoms. The molecule has 1 aromatic carbocycles. The van der Waals surface area contributed by atoms with E-state index in [1.54, 1.807) is 46.9 Å². The van der Waals surface area contributed by atoms with Crippen LogP contribution in [0.15, 0.2) is 53.6 Å². The molecule has 1 aliphatic heterocycles. The molecule has 1 amide bonds. The minimum absolute atomic E-state index is 0.292. The molecule has 0 unspecified atom stereocenters. The number of benzene rings is 1. The van der Waals surface area contributed by atoms with Gasteiger partial charge in [0.05, 0.1) is 4.90 Å². The van der Waals surface area contributed by atoms with Gasteiger partial charge in [-0.2, -0.15) is 4.31 Å². The molecule has 3 rings (SSSR count). The summed E-state index contributed by atoms with van der Waals surface area (Å²) >= 11 is 0. The molecule has 0 aliphatic carbocycles. The van der Waals surface area contributed by atoms with E-state index in [0.717, 1.165) is 36.8 Å². The molecule has 0 radical (unpaired) electrons. The number of sulfonamides is 1. The van der Waals surface area contributed by atoms with E-state index in [4.69, 9.17) is 0 Å². The second-order valence-electron chi connectivity index (χ2n) is 6.93. The number of aromatic nitrogens is 1. The summed E-state index contributed by atoms with van der Waals surface area (Å²) < 4.78 is 27.1. The molecule has 1 saturated heterocycles. The van der Waals surface area contributed by atoms with Crippen LogP contribution < -0.4 is 5.32 Å². The number of aryl methyl sites for hydroxylation is 1. The third-order valence-electron chi connectivity index (χ3n) is 4.67. The average molecular weight is 400 g/mol. The number of rotatable bonds is 5. The van der Waals surface area contributed by atoms with Crippen LogP contribution in [0, 0.1) is 6.92 Å². The summed E-state index contributed by atoms with van der Waals surface area (Å²) in [5.74, 6) is 0.191. The fourth-order valence-electron chi connectivity index (χ4n) is 3.06. The van der Waals surface area contributed by atoms with Gasteiger partial charge in [0, 0.05) is 25.4 Å². The Labute approximate surface area is 166 Å². The molecule has 2 heterocycles. The monoisotopic (exact) mass is 399 g/mol. The van der Waals surface area contributed by atoms with Crippen LogP contribution in [0.25, 0.3) is 6.08 Å². The van der Waals surface area contributed by atoms with E-state index in [1.165, 1.54) is 6.08 Å². The zero-order valence-corrected chi connectivity index (χ0v) is 16.8. The Bertz CT molecular complexity index is 928. The number of amides is 1. The molecule has 1 N–H and O–H groups in total. The Kier molecular flexibility index (Phi) is 6.59. The van der Waals surface area contributed by atoms with Gasteiger partial charge in [0.15, 0.2) is 0 Å². The number of hydrogen-bond donors (Lipinski definition) is 1. The molecule has 0 atom stereocenters. The van der Waals surface area contributed by atoms with Gasteiger partial charge in [-0.3, -0.25) is 4.79 Å². The highest BCUT2D eigenvalue weighted by Crippen LogP contribution is 2.21. The lowest BCUT2D eigenvalue weighted by Gasteiger charge is -2.19. The summed E-state index contributed by atoms with van der Waals surface area (Å²) in [6.07, 6.45) is 8.70. The Balaban J connectivity index is 1.64. The van der Waals surface area contributed by atoms with Gasteiger partial charge in [-0.05, 0) is 55.2 Å². The van der Waals surface area contributed by atoms with Gasteiger partial charge in [-0.15, -0.1) is 0 Å². The first kappa shape index (κ1) is 20.2. The molecule has 7 heteroatoms. The quantitative estimate of drug-likeness (QED) is 0.779. The maximum absolute atomic E-state index is 12.8. The van der Waals surface area contributed by atoms with Crippen molar-refractivity contribution in [3.63, 3.8) is 0 Å². The van der Waals surface area contributed by atoms with Crippen LogP contribution in [0.4, 0.5) is 5.82 Å². The molecule has 148 valence electrons. The predicted octanol–water partition coefficient (Wildman–Crippen LogP) is 3.61. The summed E-state index contributed by atoms with van der Waals surface area (Å²) in [4.78, 5) is 16.4. The highest BCUT2D eigenvalue weighted by atomic mass is 32.2. The van der Waals surface area contributed by atoms with E-state index in [9.17, 15) is 13.2 Å². The van der Waals surface area contributed by atoms with Gasteiger partial charge in [-0.1, -0.05) is 31.0 Å². The molecule has 0 spiro atoms. The van der Waals surface area contributed by atoms with Crippen LogP contribution in [0.2, 0.25) is 0 Å². The zero-order valence-electron chi connectivity index (χ0n) is 16.0. The maximum Gasteiger partial charge on any atom is 0.249 e. The smallest absolute Gasteiger partial charge is 0.249 e. The van der Waals surface area contributed by atoms with Crippen molar-refractivity contribution >= 4 is 27.8 Å². The topological polar surface area (TPSA) is 79.4 Å². The van der Waals surface area contributed by atoms with Gasteiger partial charge in [0.1, 0.15) is 5.82 Å². The van der Waals surface area contributed by atoms with Gasteiger partial charge in [0.2, 0.25) is 15.9 Å². The van der Waals surface area contributed by atoms with Gasteiger partial charge in [0.25, 0.3) is 0 Å². The van der Waals surface area contributed by atoms with Crippen LogP contribution >= 0.6 is 0 Å². The molecule has 0 saturated carbocycles. The largest absolute Gasteiger partial charge is 0.307 e. The number of hydrogen-bond acceptors (Lipinski definition) is 4. The molecule has 1 aromatic heterocycles. The summed E-state index contributed by atoms with van der Waals surface area (Å²) in [7, 11) is -3.46. The number of nitrogens with one attached hydrogen (secondary N) is 1. The minimum atomic E-state index is -3.46. The first-order valence-corrected chi connectivity index (χ1v) is 10.9. The first-order valence-electron chi connectivity index (χ1n) is 9.47. The molecule has 1 fully saturated rings. The Morgan fingerprint density at radius 1 is 1.04 bits per heavy atom. The summed E-state index contributed by atoms with van der Waals surface area (Å²) in [6.45, 7) is 3.09. The van der Waals surface area contributed by atoms with Crippen LogP contribution in [0.3, 0.4) is 0 Å². The summed E-state index contributed by atoms with van der Waals surface area (Å²) in [6, 6.07) is 10.2. The third kappa shape index (κ3) is 5.27. The Morgan fingerprint density at radius 2 is 1.71 bits per heavy atom. The van der Waals surface area contributed by atoms with Crippen molar-refractivity contribution in [2.24, 2.45) is 0 Å². The van der Waals surface area contributed by atoms with Crippen LogP contribution in [-0.2, 0) is 14.8 Å². The highest BCUT2D eigenvalue weighted by molar-refractivity contribution is 7.89. The number of carbonyl (C=O) groups is 1. The standard InChI is InChI=1S/C21H25N3O3S/c1-17-6-12-20(22-16-17)23-21(25)13-9-18-7-10-19(11-8-18)28(26,27)24-14-4-2-3-5-15-24/h6-13,16H,2-5,14-15H2,1H3,(H,22,23,25)/b13-9+. The van der Waals surface area contributed by atoms with E-state index in [-0.39, 0.29) is 5.91 Å². The minimum Gasteiger partial charge on any atom is -0.307 e. The molecular weight excluding hydrogens is 374 g/mol. The number of anilines is 1. The second-order valence-corrected chi connectivity index (χ2v) is 8.87. The van der Waals surface area contributed by atoms with Crippen molar-refractivity contribution in [3.05, 3.63) is 59.8 Å². The SMILES string of the molecule is Cc1ccc(NC(=O)/C=C/c2ccc(S(=O)(=O)N3CCCCCC3)cc2)nc1. The lowest BCUT2D eigenvalue weighted by molar-refractivity contribution is -0.111. The highest BCUT2D eigenvalue weighted by Gasteiger charge is 2.24. The van der Waals surface area contributed by atoms with Gasteiger partial charge < -0.3 is 5.32 Å². The molecule has 1 aliphatic rings. The van der Waals surface area contributed by atoms with Crippen molar-refractivity contribution in [1.29, 1.82) is 0 Å². The predicted molar refractivity (Wildman–Crippen MR) is 110 cm³/mol. The Hall–Kier alpha value is -2.51. The van der Waals surface area contributed by atoms with E-state index in [0.29, 0.717) is 23.8 Å². The second kappa shape index (κ2) is 9.12. The van der Waals surface area contributed by atoms with Crippen molar-refractivity contribution in [3.8, 4) is 0 Å². The summed E-state index contributed by atoms with van der Waals surface area (Å²) in [5.41, 5.74) is 1.77. The van der Waals surface area contributed by atoms with Crippen LogP contribution in [0.1, 0.15) is 36.8 Å². The molecular formula is C21H25N3O3S. The third-order valence-corrected chi connectivity index (χ3v) is 6.59. The normalized spacial score (nSPS) is 16.0. The van der Waals surface area contributed by atoms with E-state index in [1.807, 2.05) is 13.0 Å². The van der Waals surface area contributed by atoms with E-state index in [2.05, 4.69) is 10.3 Å². The number of pyridine rings is 1. The fraction of sp³-hybridized carbons (Fsp3) is 0.333. The van der Waals surface area contributed by atoms with Crippen molar-refractivity contribution in [2.45, 2.75) is 37.5 Å². The molecule has 2 aromatic rings. The lowest BCUT2D eigenvalue weighted by Crippen LogP contribution is -2.31. The molecule has 6 nitrogen and oxygen atoms in total. The lowest BCUT2D eigenvalue weighted by atomic mass is 10.2. The van der Waals surface area contributed by atoms with E-state index >= 15 is 0 Å². The molecule has 0 bridgehead atoms. The fourth-order valence-corrected chi connectivity index (χ4v) is 4.58. The van der Waals surface area contributed by atoms with Crippen molar-refractivity contribution in [2.75, 3.05) is 18.4 Å². The van der Waals surface area contributed by atoms with Crippen LogP contribution in [0.5, 0.6) is 0 Å².